The number of phenols is 1. The lowest BCUT2D eigenvalue weighted by Crippen LogP contribution is -2.18. The molecule has 1 N–H and O–H groups in total. The van der Waals surface area contributed by atoms with Gasteiger partial charge in [-0.15, -0.1) is 12.6 Å². The third kappa shape index (κ3) is 2.22. The average Bonchev–Trinajstić information content (AvgIpc) is 2.64. The fourth-order valence-corrected chi connectivity index (χ4v) is 2.01. The third-order valence-corrected chi connectivity index (χ3v) is 3.02. The second kappa shape index (κ2) is 4.24. The lowest BCUT2D eigenvalue weighted by atomic mass is 10.2. The largest absolute Gasteiger partial charge is 0.507 e. The second-order valence-corrected chi connectivity index (χ2v) is 4.29. The van der Waals surface area contributed by atoms with Crippen molar-refractivity contribution in [3.8, 4) is 5.75 Å². The Hall–Kier alpha value is -0.670. The summed E-state index contributed by atoms with van der Waals surface area (Å²) in [5.41, 5.74) is 1.17. The fourth-order valence-electron chi connectivity index (χ4n) is 1.87. The number of hydrogen-bond donors (Lipinski definition) is 2. The zero-order chi connectivity index (χ0) is 9.97. The Labute approximate surface area is 90.0 Å². The highest BCUT2D eigenvalue weighted by atomic mass is 32.1. The van der Waals surface area contributed by atoms with E-state index in [4.69, 9.17) is 0 Å². The van der Waals surface area contributed by atoms with Crippen LogP contribution in [0.5, 0.6) is 5.75 Å². The summed E-state index contributed by atoms with van der Waals surface area (Å²) in [6, 6.07) is 5.69. The van der Waals surface area contributed by atoms with Crippen molar-refractivity contribution in [3.05, 3.63) is 23.8 Å². The molecule has 0 amide bonds. The minimum Gasteiger partial charge on any atom is -0.507 e. The number of rotatable bonds is 2. The molecule has 0 spiro atoms. The number of nitrogens with zero attached hydrogens (tertiary/aromatic N) is 1. The number of hydrogen-bond acceptors (Lipinski definition) is 3. The summed E-state index contributed by atoms with van der Waals surface area (Å²) in [4.78, 5) is 3.06. The summed E-state index contributed by atoms with van der Waals surface area (Å²) in [6.45, 7) is 3.31. The third-order valence-electron chi connectivity index (χ3n) is 2.64. The molecule has 14 heavy (non-hydrogen) atoms. The van der Waals surface area contributed by atoms with Crippen LogP contribution in [0, 0.1) is 0 Å². The monoisotopic (exact) mass is 209 g/mol. The molecule has 1 aliphatic rings. The van der Waals surface area contributed by atoms with Gasteiger partial charge in [-0.25, -0.2) is 0 Å². The highest BCUT2D eigenvalue weighted by Gasteiger charge is 2.11. The Kier molecular flexibility index (Phi) is 2.99. The molecule has 0 unspecified atom stereocenters. The first-order valence-electron chi connectivity index (χ1n) is 4.99. The summed E-state index contributed by atoms with van der Waals surface area (Å²) in [5, 5.41) is 9.48. The molecule has 0 bridgehead atoms. The highest BCUT2D eigenvalue weighted by Crippen LogP contribution is 2.23. The quantitative estimate of drug-likeness (QED) is 0.730. The molecule has 0 atom stereocenters. The van der Waals surface area contributed by atoms with Crippen LogP contribution in [0.3, 0.4) is 0 Å². The molecular weight excluding hydrogens is 194 g/mol. The van der Waals surface area contributed by atoms with Gasteiger partial charge < -0.3 is 5.11 Å². The van der Waals surface area contributed by atoms with Crippen molar-refractivity contribution in [3.63, 3.8) is 0 Å². The smallest absolute Gasteiger partial charge is 0.129 e. The van der Waals surface area contributed by atoms with Gasteiger partial charge in [0.2, 0.25) is 0 Å². The predicted molar refractivity (Wildman–Crippen MR) is 59.9 cm³/mol. The topological polar surface area (TPSA) is 23.5 Å². The Morgan fingerprint density at radius 3 is 2.64 bits per heavy atom. The van der Waals surface area contributed by atoms with Crippen molar-refractivity contribution in [2.24, 2.45) is 0 Å². The molecule has 1 aliphatic heterocycles. The maximum Gasteiger partial charge on any atom is 0.129 e. The first kappa shape index (κ1) is 9.87. The van der Waals surface area contributed by atoms with E-state index in [0.29, 0.717) is 4.90 Å². The number of benzene rings is 1. The summed E-state index contributed by atoms with van der Waals surface area (Å²) >= 11 is 4.13. The van der Waals surface area contributed by atoms with Crippen LogP contribution in [0.15, 0.2) is 23.1 Å². The molecule has 0 saturated carbocycles. The van der Waals surface area contributed by atoms with E-state index in [1.165, 1.54) is 31.5 Å². The van der Waals surface area contributed by atoms with Gasteiger partial charge in [-0.1, -0.05) is 6.07 Å². The Balaban J connectivity index is 2.05. The van der Waals surface area contributed by atoms with Gasteiger partial charge in [0.05, 0.1) is 0 Å². The van der Waals surface area contributed by atoms with Crippen LogP contribution in [-0.4, -0.2) is 23.1 Å². The predicted octanol–water partition coefficient (Wildman–Crippen LogP) is 2.28. The average molecular weight is 209 g/mol. The van der Waals surface area contributed by atoms with E-state index >= 15 is 0 Å². The van der Waals surface area contributed by atoms with Crippen LogP contribution < -0.4 is 0 Å². The Bertz CT molecular complexity index is 321. The second-order valence-electron chi connectivity index (χ2n) is 3.81. The lowest BCUT2D eigenvalue weighted by molar-refractivity contribution is 0.330. The fraction of sp³-hybridized carbons (Fsp3) is 0.455. The highest BCUT2D eigenvalue weighted by molar-refractivity contribution is 7.80. The molecule has 3 heteroatoms. The van der Waals surface area contributed by atoms with Gasteiger partial charge in [0.1, 0.15) is 5.75 Å². The summed E-state index contributed by atoms with van der Waals surface area (Å²) in [5.74, 6) is 0.282. The normalized spacial score (nSPS) is 17.5. The van der Waals surface area contributed by atoms with Crippen LogP contribution >= 0.6 is 12.6 Å². The number of thiol groups is 1. The van der Waals surface area contributed by atoms with Crippen LogP contribution in [0.1, 0.15) is 18.4 Å². The standard InChI is InChI=1S/C11H15NOS/c13-10-7-9(3-4-11(10)14)8-12-5-1-2-6-12/h3-4,7,13-14H,1-2,5-6,8H2. The zero-order valence-corrected chi connectivity index (χ0v) is 9.00. The molecule has 1 heterocycles. The van der Waals surface area contributed by atoms with Gasteiger partial charge in [0.15, 0.2) is 0 Å². The van der Waals surface area contributed by atoms with Crippen LogP contribution in [0.2, 0.25) is 0 Å². The first-order chi connectivity index (χ1) is 6.75. The van der Waals surface area contributed by atoms with E-state index in [1.807, 2.05) is 12.1 Å². The molecule has 0 radical (unpaired) electrons. The lowest BCUT2D eigenvalue weighted by Gasteiger charge is -2.14. The summed E-state index contributed by atoms with van der Waals surface area (Å²) in [7, 11) is 0. The van der Waals surface area contributed by atoms with E-state index in [1.54, 1.807) is 6.07 Å². The maximum absolute atomic E-state index is 9.48. The van der Waals surface area contributed by atoms with Crippen molar-refractivity contribution < 1.29 is 5.11 Å². The van der Waals surface area contributed by atoms with Gasteiger partial charge in [0, 0.05) is 11.4 Å². The van der Waals surface area contributed by atoms with Crippen molar-refractivity contribution in [1.82, 2.24) is 4.90 Å². The maximum atomic E-state index is 9.48. The van der Waals surface area contributed by atoms with Crippen molar-refractivity contribution in [2.45, 2.75) is 24.3 Å². The number of likely N-dealkylation sites (tertiary alicyclic amines) is 1. The SMILES string of the molecule is Oc1cc(CN2CCCC2)ccc1S. The van der Waals surface area contributed by atoms with Crippen molar-refractivity contribution in [1.29, 1.82) is 0 Å². The molecule has 1 fully saturated rings. The Morgan fingerprint density at radius 2 is 2.00 bits per heavy atom. The van der Waals surface area contributed by atoms with Gasteiger partial charge in [-0.2, -0.15) is 0 Å². The van der Waals surface area contributed by atoms with E-state index in [-0.39, 0.29) is 5.75 Å². The minimum atomic E-state index is 0.282. The molecule has 1 aromatic rings. The number of aromatic hydroxyl groups is 1. The van der Waals surface area contributed by atoms with E-state index in [9.17, 15) is 5.11 Å². The van der Waals surface area contributed by atoms with Gasteiger partial charge >= 0.3 is 0 Å². The minimum absolute atomic E-state index is 0.282. The van der Waals surface area contributed by atoms with Crippen LogP contribution in [0.4, 0.5) is 0 Å². The summed E-state index contributed by atoms with van der Waals surface area (Å²) in [6.07, 6.45) is 2.60. The molecule has 1 aromatic carbocycles. The number of phenolic OH excluding ortho intramolecular Hbond substituents is 1. The van der Waals surface area contributed by atoms with E-state index in [0.717, 1.165) is 6.54 Å². The molecule has 0 aliphatic carbocycles. The summed E-state index contributed by atoms with van der Waals surface area (Å²) < 4.78 is 0. The van der Waals surface area contributed by atoms with E-state index in [2.05, 4.69) is 17.5 Å². The zero-order valence-electron chi connectivity index (χ0n) is 8.11. The molecule has 76 valence electrons. The van der Waals surface area contributed by atoms with Crippen molar-refractivity contribution >= 4 is 12.6 Å². The molecule has 2 nitrogen and oxygen atoms in total. The van der Waals surface area contributed by atoms with Gasteiger partial charge in [-0.05, 0) is 43.6 Å². The molecule has 0 aromatic heterocycles. The van der Waals surface area contributed by atoms with E-state index < -0.39 is 0 Å². The molecular formula is C11H15NOS. The molecule has 1 saturated heterocycles. The van der Waals surface area contributed by atoms with Gasteiger partial charge in [0.25, 0.3) is 0 Å². The molecule has 2 rings (SSSR count). The first-order valence-corrected chi connectivity index (χ1v) is 5.43. The van der Waals surface area contributed by atoms with Crippen LogP contribution in [0.25, 0.3) is 0 Å². The van der Waals surface area contributed by atoms with Crippen molar-refractivity contribution in [2.75, 3.05) is 13.1 Å². The van der Waals surface area contributed by atoms with Gasteiger partial charge in [-0.3, -0.25) is 4.90 Å². The Morgan fingerprint density at radius 1 is 1.29 bits per heavy atom. The van der Waals surface area contributed by atoms with Crippen LogP contribution in [-0.2, 0) is 6.54 Å².